The number of nitrogens with one attached hydrogen (secondary N) is 2. The fraction of sp³-hybridized carbons (Fsp3) is 0.571. The molecule has 0 aromatic carbocycles. The number of nitrogens with two attached hydrogens (primary N) is 4. The number of phosphoric acid groups is 6. The Hall–Kier alpha value is -9.05. The van der Waals surface area contributed by atoms with E-state index in [1.807, 2.05) is 0 Å². The largest absolute Gasteiger partial charge is 0.490 e. The van der Waals surface area contributed by atoms with Crippen LogP contribution in [-0.4, -0.2) is 296 Å². The molecule has 6 aromatic rings. The number of phosphoric ester groups is 2. The minimum absolute atomic E-state index is 0.0315. The molecular weight excluding hydrogens is 1980 g/mol. The number of aldehydes is 2. The number of nitrogen functional groups attached to an aromatic ring is 4. The monoisotopic (exact) mass is 2080 g/mol. The average Bonchev–Trinajstić information content (AvgIpc) is 1.61. The van der Waals surface area contributed by atoms with Crippen LogP contribution < -0.4 is 68.2 Å². The summed E-state index contributed by atoms with van der Waals surface area (Å²) in [6, 6.07) is 0. The maximum absolute atomic E-state index is 12.0. The quantitative estimate of drug-likeness (QED) is 0.0106. The van der Waals surface area contributed by atoms with Gasteiger partial charge in [-0.05, 0) is 0 Å². The summed E-state index contributed by atoms with van der Waals surface area (Å²) in [5, 5.41) is 113. The van der Waals surface area contributed by atoms with E-state index in [1.54, 1.807) is 0 Å². The smallest absolute Gasteiger partial charge is 0.461 e. The number of aromatic amines is 2. The van der Waals surface area contributed by atoms with Crippen LogP contribution in [-0.2, 0) is 123 Å². The third kappa shape index (κ3) is 32.5. The molecule has 0 aliphatic carbocycles. The van der Waals surface area contributed by atoms with Gasteiger partial charge in [-0.25, -0.2) is 56.2 Å². The third-order valence-electron chi connectivity index (χ3n) is 19.0. The van der Waals surface area contributed by atoms with Crippen molar-refractivity contribution >= 4 is 88.7 Å². The first-order valence-corrected chi connectivity index (χ1v) is 47.4. The second-order valence-electron chi connectivity index (χ2n) is 28.7. The normalized spacial score (nSPS) is 26.4. The number of aliphatic hydroxyl groups is 12. The van der Waals surface area contributed by atoms with Crippen LogP contribution in [0.5, 0.6) is 0 Å². The molecule has 67 nitrogen and oxygen atoms in total. The van der Waals surface area contributed by atoms with Crippen LogP contribution in [0.15, 0.2) is 75.5 Å². The highest BCUT2D eigenvalue weighted by Crippen LogP contribution is 2.68. The number of carbonyl (C=O) groups is 3. The number of nitrogens with zero attached hydrogens (tertiary/aromatic N) is 10. The van der Waals surface area contributed by atoms with Crippen LogP contribution in [0.1, 0.15) is 126 Å². The van der Waals surface area contributed by atoms with E-state index >= 15 is 0 Å². The molecule has 10 unspecified atom stereocenters. The van der Waals surface area contributed by atoms with Crippen molar-refractivity contribution in [2.24, 2.45) is 0 Å². The minimum Gasteiger partial charge on any atom is -0.461 e. The number of H-pyrrole nitrogens is 2. The van der Waals surface area contributed by atoms with Crippen molar-refractivity contribution in [3.63, 3.8) is 0 Å². The lowest BCUT2D eigenvalue weighted by atomic mass is 10.2. The van der Waals surface area contributed by atoms with Gasteiger partial charge in [-0.2, -0.15) is 37.2 Å². The number of aliphatic hydroxyl groups excluding tert-OH is 12. The maximum Gasteiger partial charge on any atom is 0.490 e. The van der Waals surface area contributed by atoms with Gasteiger partial charge >= 0.3 is 87.0 Å². The lowest BCUT2D eigenvalue weighted by Crippen LogP contribution is -2.34. The fourth-order valence-corrected chi connectivity index (χ4v) is 18.6. The van der Waals surface area contributed by atoms with Crippen molar-refractivity contribution < 1.29 is 206 Å². The number of aromatic nitrogens is 12. The highest BCUT2D eigenvalue weighted by Gasteiger charge is 2.47. The van der Waals surface area contributed by atoms with E-state index in [1.165, 1.54) is 43.4 Å². The van der Waals surface area contributed by atoms with Crippen molar-refractivity contribution in [2.75, 3.05) is 69.7 Å². The molecule has 6 aliphatic rings. The van der Waals surface area contributed by atoms with Gasteiger partial charge in [0.2, 0.25) is 0 Å². The number of carbonyl (C=O) groups excluding carboxylic acids is 3. The summed E-state index contributed by atoms with van der Waals surface area (Å²) in [6.45, 7) is -3.11. The molecule has 73 heteroatoms. The van der Waals surface area contributed by atoms with Crippen LogP contribution in [0.2, 0.25) is 0 Å². The van der Waals surface area contributed by atoms with Crippen molar-refractivity contribution in [1.82, 2.24) is 57.3 Å². The second-order valence-corrected chi connectivity index (χ2v) is 37.6. The zero-order chi connectivity index (χ0) is 102. The molecule has 0 bridgehead atoms. The fourth-order valence-electron chi connectivity index (χ4n) is 12.5. The Balaban J connectivity index is 0.000000225. The van der Waals surface area contributed by atoms with E-state index < -0.39 is 229 Å². The summed E-state index contributed by atoms with van der Waals surface area (Å²) in [6.07, 6.45) is -8.91. The molecule has 6 saturated heterocycles. The Kier molecular flexibility index (Phi) is 41.2. The number of esters is 1. The molecule has 0 amide bonds. The number of methoxy groups -OCH3 is 1. The van der Waals surface area contributed by atoms with Crippen LogP contribution in [0, 0.1) is 0 Å². The molecule has 136 heavy (non-hydrogen) atoms. The average molecular weight is 2080 g/mol. The molecule has 22 atom stereocenters. The summed E-state index contributed by atoms with van der Waals surface area (Å²) in [5.41, 5.74) is 16.9. The summed E-state index contributed by atoms with van der Waals surface area (Å²) < 4.78 is 138. The van der Waals surface area contributed by atoms with Crippen LogP contribution in [0.25, 0.3) is 0 Å². The van der Waals surface area contributed by atoms with Crippen molar-refractivity contribution in [3.05, 3.63) is 154 Å². The highest BCUT2D eigenvalue weighted by atomic mass is 31.3. The highest BCUT2D eigenvalue weighted by molar-refractivity contribution is 7.67. The summed E-state index contributed by atoms with van der Waals surface area (Å²) in [4.78, 5) is 215. The summed E-state index contributed by atoms with van der Waals surface area (Å²) >= 11 is 0. The van der Waals surface area contributed by atoms with Gasteiger partial charge in [-0.3, -0.25) is 70.4 Å². The van der Waals surface area contributed by atoms with Gasteiger partial charge < -0.3 is 161 Å². The standard InChI is InChI=1S/C12H16N2O7.C11H16N2O6.C10H18N3O14P3.C10H16N3O14P3.C10H15N3O5.C10H13N3O5/c1-6(16)20-5-7-3-14(12(19)13-11(7)18)10-2-8(17)9(4-15)21-10;1-18-5-6-3-13(11(17)12-10(6)16)9-2-7(15)8(4-14)19-9;2*11-9-5(3-14)2-13(10(16)12-9)8-1-6(15)7(25-8)4-24-29(20,21)27-30(22,23)26-28(17,18)19;2*11-9-5(3-14)2-13(10(17)12-9)8-1-6(16)7(4-15)18-8/h3,8-10,15,17H,2,4-5H2,1H3,(H,13,18,19);3,7-9,14-15H,2,4-5H2,1H3,(H,12,16,17);2,6-8,14-15H,1,3-4H2,(H,20,21)(H,22,23)(H2,11,12,16)(H2,17,18,19);2-3,6-8,15H,1,4H2,(H,20,21)(H,22,23)(H2,11,12,16)(H2,17,18,19);2,6-8,14-16H,1,3-4H2,(H2,11,12,17);2-3,6-8,15-16H,1,4H2,(H2,11,12,17)/t8?,9-,10-;7?,8-,9-;4*6?,7-,8-/m111111/s1. The minimum atomic E-state index is -5.70. The van der Waals surface area contributed by atoms with E-state index in [4.69, 9.17) is 116 Å². The van der Waals surface area contributed by atoms with Gasteiger partial charge in [0.15, 0.2) is 12.6 Å². The van der Waals surface area contributed by atoms with E-state index in [2.05, 4.69) is 56.2 Å². The molecule has 0 saturated carbocycles. The Morgan fingerprint density at radius 2 is 0.654 bits per heavy atom. The Morgan fingerprint density at radius 3 is 0.912 bits per heavy atom. The molecule has 6 fully saturated rings. The molecule has 0 spiro atoms. The zero-order valence-electron chi connectivity index (χ0n) is 69.9. The van der Waals surface area contributed by atoms with Gasteiger partial charge in [-0.15, -0.1) is 0 Å². The first-order chi connectivity index (χ1) is 63.3. The molecule has 0 radical (unpaired) electrons. The van der Waals surface area contributed by atoms with E-state index in [0.29, 0.717) is 18.1 Å². The van der Waals surface area contributed by atoms with Crippen LogP contribution >= 0.6 is 46.9 Å². The molecule has 6 aliphatic heterocycles. The van der Waals surface area contributed by atoms with E-state index in [0.717, 1.165) is 35.2 Å². The predicted octanol–water partition coefficient (Wildman–Crippen LogP) is -10.3. The maximum atomic E-state index is 12.0. The van der Waals surface area contributed by atoms with E-state index in [9.17, 15) is 126 Å². The first-order valence-electron chi connectivity index (χ1n) is 38.3. The van der Waals surface area contributed by atoms with Crippen molar-refractivity contribution in [2.45, 2.75) is 182 Å². The molecule has 12 heterocycles. The van der Waals surface area contributed by atoms with Crippen LogP contribution in [0.3, 0.4) is 0 Å². The van der Waals surface area contributed by atoms with Crippen molar-refractivity contribution in [1.29, 1.82) is 0 Å². The lowest BCUT2D eigenvalue weighted by Gasteiger charge is -2.19. The second kappa shape index (κ2) is 49.2. The topological polar surface area (TPSA) is 1040 Å². The number of ether oxygens (including phenoxy) is 8. The molecule has 6 aromatic heterocycles. The predicted molar refractivity (Wildman–Crippen MR) is 438 cm³/mol. The van der Waals surface area contributed by atoms with Gasteiger partial charge in [-0.1, -0.05) is 0 Å². The van der Waals surface area contributed by atoms with Crippen molar-refractivity contribution in [3.8, 4) is 0 Å². The Bertz CT molecular complexity index is 5990. The third-order valence-corrected chi connectivity index (χ3v) is 26.6. The number of rotatable bonds is 32. The Morgan fingerprint density at radius 1 is 0.397 bits per heavy atom. The summed E-state index contributed by atoms with van der Waals surface area (Å²) in [7, 11) is -31.8. The van der Waals surface area contributed by atoms with Gasteiger partial charge in [0.25, 0.3) is 11.1 Å². The molecule has 762 valence electrons. The number of hydrogen-bond donors (Lipinski definition) is 26. The molecule has 12 rings (SSSR count). The SMILES string of the molecule is CC(=O)OCc1cn([C@H]2CC(O)[C@@H](CO)O2)c(=O)[nH]c1=O.COCc1cn([C@H]2CC(O)[C@@H](CO)O2)c(=O)[nH]c1=O.Nc1nc(=O)n([C@H]2CC(O)[C@@H](CO)O2)cc1C=O.Nc1nc(=O)n([C@H]2CC(O)[C@@H](CO)O2)cc1CO.Nc1nc(=O)n([C@H]2CC(O)[C@@H](COP(=O)(O)OP(=O)(O)OP(=O)(O)O)O2)cc1C=O.Nc1nc(=O)n([C@H]2CC(O)[C@@H](COP(=O)(O)OP(=O)(O)OP(=O)(O)O)O2)cc1CO. The Labute approximate surface area is 756 Å². The van der Waals surface area contributed by atoms with Crippen LogP contribution in [0.4, 0.5) is 23.3 Å². The molecule has 30 N–H and O–H groups in total. The molecular formula is C63H94N16O51P6. The lowest BCUT2D eigenvalue weighted by molar-refractivity contribution is -0.142. The number of anilines is 4. The van der Waals surface area contributed by atoms with Gasteiger partial charge in [0.1, 0.15) is 104 Å². The zero-order valence-corrected chi connectivity index (χ0v) is 75.3. The van der Waals surface area contributed by atoms with Gasteiger partial charge in [0.05, 0.1) is 118 Å². The van der Waals surface area contributed by atoms with Gasteiger partial charge in [0, 0.05) is 101 Å². The number of hydrogen-bond acceptors (Lipinski definition) is 51. The first kappa shape index (κ1) is 114. The summed E-state index contributed by atoms with van der Waals surface area (Å²) in [5.74, 6) is -1.27. The van der Waals surface area contributed by atoms with E-state index in [-0.39, 0.29) is 136 Å².